The van der Waals surface area contributed by atoms with Gasteiger partial charge in [-0.3, -0.25) is 0 Å². The van der Waals surface area contributed by atoms with Crippen molar-refractivity contribution in [3.63, 3.8) is 0 Å². The van der Waals surface area contributed by atoms with Gasteiger partial charge in [0.25, 0.3) is 0 Å². The molecular weight excluding hydrogens is 691 g/mol. The predicted octanol–water partition coefficient (Wildman–Crippen LogP) is 10.4. The fraction of sp³-hybridized carbons (Fsp3) is 0.106. The topological polar surface area (TPSA) is 100 Å². The normalized spacial score (nSPS) is 10.9. The maximum Gasteiger partial charge on any atom is 0.148 e. The van der Waals surface area contributed by atoms with E-state index in [0.717, 1.165) is 62.4 Å². The first-order chi connectivity index (χ1) is 26.8. The van der Waals surface area contributed by atoms with E-state index in [9.17, 15) is 15.3 Å². The van der Waals surface area contributed by atoms with E-state index in [1.165, 1.54) is 0 Å². The number of aromatic hydroxyl groups is 2. The fourth-order valence-electron chi connectivity index (χ4n) is 6.69. The molecule has 0 fully saturated rings. The molecule has 0 aliphatic rings. The number of hydrogen-bond donors (Lipinski definition) is 2. The maximum absolute atomic E-state index is 11.3. The van der Waals surface area contributed by atoms with Crippen LogP contribution in [0.5, 0.6) is 40.2 Å². The summed E-state index contributed by atoms with van der Waals surface area (Å²) >= 11 is 0. The van der Waals surface area contributed by atoms with Crippen molar-refractivity contribution >= 4 is 22.7 Å². The third-order valence-electron chi connectivity index (χ3n) is 9.51. The lowest BCUT2D eigenvalue weighted by molar-refractivity contribution is -0.268. The summed E-state index contributed by atoms with van der Waals surface area (Å²) in [7, 11) is 6.70. The van der Waals surface area contributed by atoms with Gasteiger partial charge in [-0.15, -0.1) is 5.75 Å². The van der Waals surface area contributed by atoms with Crippen LogP contribution in [0.1, 0.15) is 22.6 Å². The zero-order chi connectivity index (χ0) is 38.8. The van der Waals surface area contributed by atoms with Gasteiger partial charge in [0, 0.05) is 54.4 Å². The molecule has 0 unspecified atom stereocenters. The Hall–Kier alpha value is -6.90. The Morgan fingerprint density at radius 1 is 0.364 bits per heavy atom. The summed E-state index contributed by atoms with van der Waals surface area (Å²) < 4.78 is 22.1. The number of phenolic OH excluding ortho intramolecular Hbond substituents is 2. The van der Waals surface area contributed by atoms with E-state index in [1.54, 1.807) is 64.8 Å². The number of rotatable bonds is 11. The van der Waals surface area contributed by atoms with Crippen LogP contribution in [0.3, 0.4) is 0 Å². The lowest BCUT2D eigenvalue weighted by atomic mass is 9.85. The lowest BCUT2D eigenvalue weighted by Gasteiger charge is -2.37. The Morgan fingerprint density at radius 3 is 0.836 bits per heavy atom. The molecule has 0 aliphatic carbocycles. The number of hydrogen-bond acceptors (Lipinski definition) is 7. The van der Waals surface area contributed by atoms with Crippen LogP contribution in [-0.2, 0) is 0 Å². The van der Waals surface area contributed by atoms with Crippen LogP contribution < -0.4 is 28.5 Å². The molecule has 0 aromatic heterocycles. The molecule has 0 heterocycles. The number of nitrogens with zero attached hydrogens (tertiary/aromatic N) is 1. The minimum atomic E-state index is -0.0678. The molecular formula is C47H43NO7. The van der Waals surface area contributed by atoms with Crippen LogP contribution in [0.2, 0.25) is 0 Å². The average Bonchev–Trinajstić information content (AvgIpc) is 3.24. The van der Waals surface area contributed by atoms with E-state index in [4.69, 9.17) is 18.9 Å². The summed E-state index contributed by atoms with van der Waals surface area (Å²) in [5.41, 5.74) is 7.19. The van der Waals surface area contributed by atoms with Crippen molar-refractivity contribution in [3.8, 4) is 40.2 Å². The molecule has 0 amide bonds. The molecule has 2 N–H and O–H groups in total. The van der Waals surface area contributed by atoms with Crippen molar-refractivity contribution in [2.75, 3.05) is 28.4 Å². The quantitative estimate of drug-likeness (QED) is 0.101. The summed E-state index contributed by atoms with van der Waals surface area (Å²) in [6.45, 7) is 0. The number of methoxy groups -OCH3 is 4. The first kappa shape index (κ1) is 37.8. The number of quaternary nitrogens is 1. The SMILES string of the molecule is COc1ccc([N+](c2ccc(OC)cc2)(c2ccc(OC)cc2)c2ccc(OC)cc2)cc1.[O-]c1ccc(C(c2ccc(O)cc2)c2ccc(O)cc2)cc1. The Bertz CT molecular complexity index is 1930. The second kappa shape index (κ2) is 17.3. The number of phenols is 2. The van der Waals surface area contributed by atoms with Crippen molar-refractivity contribution in [2.45, 2.75) is 5.92 Å². The van der Waals surface area contributed by atoms with Crippen molar-refractivity contribution in [1.29, 1.82) is 0 Å². The monoisotopic (exact) mass is 733 g/mol. The Labute approximate surface area is 321 Å². The second-order valence-corrected chi connectivity index (χ2v) is 12.6. The van der Waals surface area contributed by atoms with Crippen LogP contribution in [-0.4, -0.2) is 38.7 Å². The second-order valence-electron chi connectivity index (χ2n) is 12.6. The number of ether oxygens (including phenoxy) is 4. The van der Waals surface area contributed by atoms with Crippen LogP contribution in [0.4, 0.5) is 22.7 Å². The third-order valence-corrected chi connectivity index (χ3v) is 9.51. The van der Waals surface area contributed by atoms with E-state index < -0.39 is 0 Å². The van der Waals surface area contributed by atoms with E-state index in [2.05, 4.69) is 48.5 Å². The van der Waals surface area contributed by atoms with Crippen molar-refractivity contribution < 1.29 is 34.3 Å². The highest BCUT2D eigenvalue weighted by Crippen LogP contribution is 2.52. The average molecular weight is 734 g/mol. The zero-order valence-corrected chi connectivity index (χ0v) is 31.1. The molecule has 0 saturated heterocycles. The summed E-state index contributed by atoms with van der Waals surface area (Å²) in [4.78, 5) is 0. The van der Waals surface area contributed by atoms with Crippen LogP contribution in [0.25, 0.3) is 0 Å². The predicted molar refractivity (Wildman–Crippen MR) is 216 cm³/mol. The standard InChI is InChI=1S/C28H28NO4.C19H16O3/c1-30-25-13-5-21(6-14-25)29(22-7-15-26(31-2)16-8-22,23-9-17-27(32-3)18-10-23)24-11-19-28(33-4)20-12-24;20-16-7-1-13(2-8-16)19(14-3-9-17(21)10-4-14)15-5-11-18(22)12-6-15/h5-20H,1-4H3;1-12,19-22H/q+1;/p-1. The zero-order valence-electron chi connectivity index (χ0n) is 31.1. The molecule has 7 rings (SSSR count). The molecule has 0 bridgehead atoms. The summed E-state index contributed by atoms with van der Waals surface area (Å²) in [6.07, 6.45) is 0. The smallest absolute Gasteiger partial charge is 0.148 e. The minimum Gasteiger partial charge on any atom is -0.872 e. The highest BCUT2D eigenvalue weighted by molar-refractivity contribution is 5.82. The highest BCUT2D eigenvalue weighted by Gasteiger charge is 2.39. The van der Waals surface area contributed by atoms with Gasteiger partial charge < -0.3 is 34.3 Å². The van der Waals surface area contributed by atoms with Gasteiger partial charge in [0.2, 0.25) is 0 Å². The van der Waals surface area contributed by atoms with Crippen LogP contribution >= 0.6 is 0 Å². The Balaban J connectivity index is 0.000000203. The van der Waals surface area contributed by atoms with Crippen LogP contribution in [0.15, 0.2) is 170 Å². The van der Waals surface area contributed by atoms with Crippen molar-refractivity contribution in [1.82, 2.24) is 4.48 Å². The van der Waals surface area contributed by atoms with Gasteiger partial charge in [0.1, 0.15) is 57.2 Å². The Morgan fingerprint density at radius 2 is 0.600 bits per heavy atom. The molecule has 0 aliphatic heterocycles. The molecule has 8 nitrogen and oxygen atoms in total. The fourth-order valence-corrected chi connectivity index (χ4v) is 6.69. The van der Waals surface area contributed by atoms with Gasteiger partial charge in [0.15, 0.2) is 0 Å². The van der Waals surface area contributed by atoms with Crippen LogP contribution in [0, 0.1) is 0 Å². The van der Waals surface area contributed by atoms with Gasteiger partial charge in [-0.1, -0.05) is 48.5 Å². The molecule has 7 aromatic rings. The molecule has 278 valence electrons. The first-order valence-electron chi connectivity index (χ1n) is 17.6. The molecule has 55 heavy (non-hydrogen) atoms. The van der Waals surface area contributed by atoms with Gasteiger partial charge in [-0.25, -0.2) is 0 Å². The van der Waals surface area contributed by atoms with E-state index in [1.807, 2.05) is 84.9 Å². The summed E-state index contributed by atoms with van der Waals surface area (Å²) in [5.74, 6) is 3.53. The molecule has 0 atom stereocenters. The molecule has 8 heteroatoms. The highest BCUT2D eigenvalue weighted by atomic mass is 16.5. The van der Waals surface area contributed by atoms with E-state index >= 15 is 0 Å². The lowest BCUT2D eigenvalue weighted by Crippen LogP contribution is -2.33. The van der Waals surface area contributed by atoms with Gasteiger partial charge >= 0.3 is 0 Å². The molecule has 0 spiro atoms. The molecule has 7 aromatic carbocycles. The largest absolute Gasteiger partial charge is 0.872 e. The number of benzene rings is 7. The molecule has 0 radical (unpaired) electrons. The minimum absolute atomic E-state index is 0.0288. The Kier molecular flexibility index (Phi) is 11.9. The summed E-state index contributed by atoms with van der Waals surface area (Å²) in [6, 6.07) is 53.4. The van der Waals surface area contributed by atoms with Gasteiger partial charge in [-0.05, 0) is 89.5 Å². The third kappa shape index (κ3) is 8.35. The molecule has 0 saturated carbocycles. The van der Waals surface area contributed by atoms with Gasteiger partial charge in [0.05, 0.1) is 28.4 Å². The van der Waals surface area contributed by atoms with Crippen molar-refractivity contribution in [2.24, 2.45) is 0 Å². The maximum atomic E-state index is 11.3. The van der Waals surface area contributed by atoms with Gasteiger partial charge in [-0.2, -0.15) is 4.48 Å². The summed E-state index contributed by atoms with van der Waals surface area (Å²) in [5, 5.41) is 30.3. The first-order valence-corrected chi connectivity index (χ1v) is 17.6. The van der Waals surface area contributed by atoms with Crippen molar-refractivity contribution in [3.05, 3.63) is 187 Å². The van der Waals surface area contributed by atoms with E-state index in [-0.39, 0.29) is 23.2 Å². The van der Waals surface area contributed by atoms with E-state index in [0.29, 0.717) is 4.48 Å².